The molecule has 0 aliphatic carbocycles. The van der Waals surface area contributed by atoms with Crippen LogP contribution in [-0.4, -0.2) is 68.0 Å². The predicted molar refractivity (Wildman–Crippen MR) is 154 cm³/mol. The number of carbonyl (C=O) groups is 1. The van der Waals surface area contributed by atoms with E-state index in [4.69, 9.17) is 10.5 Å². The van der Waals surface area contributed by atoms with Crippen molar-refractivity contribution in [1.29, 1.82) is 0 Å². The van der Waals surface area contributed by atoms with Crippen molar-refractivity contribution in [1.82, 2.24) is 9.21 Å². The van der Waals surface area contributed by atoms with E-state index in [2.05, 4.69) is 0 Å². The molecule has 3 rings (SSSR count). The zero-order valence-electron chi connectivity index (χ0n) is 23.2. The number of nitrogen functional groups attached to an aromatic ring is 1. The number of aryl methyl sites for hydroxylation is 1. The molecule has 0 fully saturated rings. The first-order valence-electron chi connectivity index (χ1n) is 12.9. The van der Waals surface area contributed by atoms with Gasteiger partial charge in [-0.1, -0.05) is 44.2 Å². The SMILES string of the molecule is COc1ccc(S(=O)(=O)N(CC(C)C)C[C@@H](O)[C@H](Cc2ccccc2)N(C)C(=O)c2ccc(N)cc2C)cc1. The Balaban J connectivity index is 1.95. The standard InChI is InChI=1S/C30H39N3O5S/c1-21(2)19-33(39(36,37)26-14-12-25(38-5)13-15-26)20-29(34)28(18-23-9-7-6-8-10-23)32(4)30(35)27-16-11-24(31)17-22(27)3/h6-17,21,28-29,34H,18-20,31H2,1-5H3/t28-,29+/m0/s1. The summed E-state index contributed by atoms with van der Waals surface area (Å²) in [7, 11) is -0.778. The zero-order chi connectivity index (χ0) is 28.7. The lowest BCUT2D eigenvalue weighted by atomic mass is 9.98. The molecule has 3 aromatic rings. The van der Waals surface area contributed by atoms with E-state index in [1.54, 1.807) is 37.4 Å². The van der Waals surface area contributed by atoms with Crippen molar-refractivity contribution in [2.24, 2.45) is 5.92 Å². The minimum Gasteiger partial charge on any atom is -0.497 e. The van der Waals surface area contributed by atoms with E-state index in [9.17, 15) is 18.3 Å². The largest absolute Gasteiger partial charge is 0.497 e. The van der Waals surface area contributed by atoms with Crippen LogP contribution in [-0.2, 0) is 16.4 Å². The molecular weight excluding hydrogens is 514 g/mol. The Kier molecular flexibility index (Phi) is 10.1. The molecule has 9 heteroatoms. The molecule has 39 heavy (non-hydrogen) atoms. The van der Waals surface area contributed by atoms with Gasteiger partial charge in [-0.05, 0) is 72.9 Å². The van der Waals surface area contributed by atoms with Crippen molar-refractivity contribution in [3.05, 3.63) is 89.5 Å². The quantitative estimate of drug-likeness (QED) is 0.328. The van der Waals surface area contributed by atoms with Crippen LogP contribution in [0.1, 0.15) is 35.3 Å². The molecule has 0 aromatic heterocycles. The number of amides is 1. The smallest absolute Gasteiger partial charge is 0.254 e. The highest BCUT2D eigenvalue weighted by atomic mass is 32.2. The van der Waals surface area contributed by atoms with Crippen molar-refractivity contribution in [2.75, 3.05) is 33.0 Å². The highest BCUT2D eigenvalue weighted by molar-refractivity contribution is 7.89. The molecule has 2 atom stereocenters. The highest BCUT2D eigenvalue weighted by Crippen LogP contribution is 2.24. The molecule has 0 radical (unpaired) electrons. The van der Waals surface area contributed by atoms with E-state index < -0.39 is 22.2 Å². The number of hydrogen-bond donors (Lipinski definition) is 2. The number of nitrogens with two attached hydrogens (primary N) is 1. The highest BCUT2D eigenvalue weighted by Gasteiger charge is 2.34. The molecule has 3 aromatic carbocycles. The van der Waals surface area contributed by atoms with Crippen molar-refractivity contribution in [2.45, 2.75) is 44.2 Å². The molecule has 8 nitrogen and oxygen atoms in total. The normalized spacial score (nSPS) is 13.3. The van der Waals surface area contributed by atoms with E-state index in [1.165, 1.54) is 28.4 Å². The van der Waals surface area contributed by atoms with E-state index >= 15 is 0 Å². The van der Waals surface area contributed by atoms with Gasteiger partial charge in [0.15, 0.2) is 0 Å². The van der Waals surface area contributed by atoms with Crippen molar-refractivity contribution >= 4 is 21.6 Å². The van der Waals surface area contributed by atoms with Crippen LogP contribution in [0.5, 0.6) is 5.75 Å². The van der Waals surface area contributed by atoms with Gasteiger partial charge in [-0.25, -0.2) is 8.42 Å². The number of nitrogens with zero attached hydrogens (tertiary/aromatic N) is 2. The van der Waals surface area contributed by atoms with Crippen LogP contribution < -0.4 is 10.5 Å². The molecular formula is C30H39N3O5S. The van der Waals surface area contributed by atoms with Crippen LogP contribution in [0.4, 0.5) is 5.69 Å². The monoisotopic (exact) mass is 553 g/mol. The molecule has 1 amide bonds. The maximum Gasteiger partial charge on any atom is 0.254 e. The fraction of sp³-hybridized carbons (Fsp3) is 0.367. The van der Waals surface area contributed by atoms with E-state index in [-0.39, 0.29) is 29.8 Å². The lowest BCUT2D eigenvalue weighted by Crippen LogP contribution is -2.51. The summed E-state index contributed by atoms with van der Waals surface area (Å²) in [5, 5.41) is 11.6. The second-order valence-electron chi connectivity index (χ2n) is 10.2. The lowest BCUT2D eigenvalue weighted by molar-refractivity contribution is 0.0370. The summed E-state index contributed by atoms with van der Waals surface area (Å²) in [5.41, 5.74) is 8.55. The molecule has 0 unspecified atom stereocenters. The Hall–Kier alpha value is -3.40. The maximum absolute atomic E-state index is 13.7. The summed E-state index contributed by atoms with van der Waals surface area (Å²) in [5.74, 6) is 0.279. The third-order valence-electron chi connectivity index (χ3n) is 6.69. The van der Waals surface area contributed by atoms with Gasteiger partial charge in [0.25, 0.3) is 5.91 Å². The fourth-order valence-electron chi connectivity index (χ4n) is 4.56. The first-order chi connectivity index (χ1) is 18.4. The van der Waals surface area contributed by atoms with Gasteiger partial charge in [0, 0.05) is 31.4 Å². The minimum absolute atomic E-state index is 0.00888. The molecule has 0 aliphatic heterocycles. The lowest BCUT2D eigenvalue weighted by Gasteiger charge is -2.35. The second-order valence-corrected chi connectivity index (χ2v) is 12.1. The molecule has 0 aliphatic rings. The van der Waals surface area contributed by atoms with Crippen LogP contribution in [0.2, 0.25) is 0 Å². The van der Waals surface area contributed by atoms with E-state index in [0.717, 1.165) is 11.1 Å². The van der Waals surface area contributed by atoms with Gasteiger partial charge in [-0.2, -0.15) is 4.31 Å². The van der Waals surface area contributed by atoms with Crippen LogP contribution in [0.3, 0.4) is 0 Å². The summed E-state index contributed by atoms with van der Waals surface area (Å²) in [6.45, 7) is 5.68. The molecule has 0 bridgehead atoms. The Morgan fingerprint density at radius 3 is 2.21 bits per heavy atom. The van der Waals surface area contributed by atoms with Gasteiger partial charge in [0.2, 0.25) is 10.0 Å². The summed E-state index contributed by atoms with van der Waals surface area (Å²) in [6.07, 6.45) is -0.823. The Labute approximate surface area is 232 Å². The summed E-state index contributed by atoms with van der Waals surface area (Å²) in [6, 6.07) is 20.1. The number of aliphatic hydroxyl groups is 1. The number of methoxy groups -OCH3 is 1. The molecule has 0 saturated heterocycles. The molecule has 0 spiro atoms. The number of sulfonamides is 1. The number of hydrogen-bond acceptors (Lipinski definition) is 6. The summed E-state index contributed by atoms with van der Waals surface area (Å²) < 4.78 is 33.8. The van der Waals surface area contributed by atoms with E-state index in [0.29, 0.717) is 23.4 Å². The molecule has 3 N–H and O–H groups in total. The van der Waals surface area contributed by atoms with Crippen molar-refractivity contribution in [3.63, 3.8) is 0 Å². The third kappa shape index (κ3) is 7.59. The second kappa shape index (κ2) is 13.1. The predicted octanol–water partition coefficient (Wildman–Crippen LogP) is 3.98. The molecule has 0 heterocycles. The average Bonchev–Trinajstić information content (AvgIpc) is 2.91. The Morgan fingerprint density at radius 2 is 1.64 bits per heavy atom. The molecule has 0 saturated carbocycles. The number of aliphatic hydroxyl groups excluding tert-OH is 1. The summed E-state index contributed by atoms with van der Waals surface area (Å²) >= 11 is 0. The Morgan fingerprint density at radius 1 is 1.00 bits per heavy atom. The zero-order valence-corrected chi connectivity index (χ0v) is 24.1. The topological polar surface area (TPSA) is 113 Å². The number of ether oxygens (including phenoxy) is 1. The van der Waals surface area contributed by atoms with Crippen molar-refractivity contribution < 1.29 is 23.1 Å². The number of anilines is 1. The average molecular weight is 554 g/mol. The fourth-order valence-corrected chi connectivity index (χ4v) is 6.18. The van der Waals surface area contributed by atoms with Gasteiger partial charge in [-0.3, -0.25) is 4.79 Å². The first-order valence-corrected chi connectivity index (χ1v) is 14.4. The maximum atomic E-state index is 13.7. The third-order valence-corrected chi connectivity index (χ3v) is 8.53. The van der Waals surface area contributed by atoms with Gasteiger partial charge >= 0.3 is 0 Å². The molecule has 210 valence electrons. The van der Waals surface area contributed by atoms with Gasteiger partial charge in [0.05, 0.1) is 24.2 Å². The van der Waals surface area contributed by atoms with Gasteiger partial charge in [0.1, 0.15) is 5.75 Å². The minimum atomic E-state index is -3.93. The number of likely N-dealkylation sites (N-methyl/N-ethyl adjacent to an activating group) is 1. The Bertz CT molecular complexity index is 1340. The van der Waals surface area contributed by atoms with Gasteiger partial charge in [-0.15, -0.1) is 0 Å². The first kappa shape index (κ1) is 30.1. The number of carbonyl (C=O) groups excluding carboxylic acids is 1. The van der Waals surface area contributed by atoms with Crippen LogP contribution in [0.15, 0.2) is 77.7 Å². The number of rotatable bonds is 12. The van der Waals surface area contributed by atoms with E-state index in [1.807, 2.05) is 51.1 Å². The summed E-state index contributed by atoms with van der Waals surface area (Å²) in [4.78, 5) is 15.2. The van der Waals surface area contributed by atoms with Gasteiger partial charge < -0.3 is 20.5 Å². The van der Waals surface area contributed by atoms with Crippen LogP contribution >= 0.6 is 0 Å². The van der Waals surface area contributed by atoms with Crippen LogP contribution in [0.25, 0.3) is 0 Å². The van der Waals surface area contributed by atoms with Crippen LogP contribution in [0, 0.1) is 12.8 Å². The van der Waals surface area contributed by atoms with Crippen molar-refractivity contribution in [3.8, 4) is 5.75 Å². The number of benzene rings is 3.